The van der Waals surface area contributed by atoms with Crippen molar-refractivity contribution in [1.29, 1.82) is 0 Å². The molecule has 0 radical (unpaired) electrons. The van der Waals surface area contributed by atoms with Gasteiger partial charge >= 0.3 is 0 Å². The second-order valence-corrected chi connectivity index (χ2v) is 11.4. The molecule has 1 amide bonds. The van der Waals surface area contributed by atoms with E-state index in [0.717, 1.165) is 49.5 Å². The fraction of sp³-hybridized carbons (Fsp3) is 0.440. The number of pyridine rings is 1. The Bertz CT molecular complexity index is 1360. The van der Waals surface area contributed by atoms with Crippen molar-refractivity contribution in [3.05, 3.63) is 42.7 Å². The summed E-state index contributed by atoms with van der Waals surface area (Å²) >= 11 is 0. The molecule has 2 aromatic heterocycles. The zero-order valence-corrected chi connectivity index (χ0v) is 21.5. The number of hydrogen-bond acceptors (Lipinski definition) is 10. The van der Waals surface area contributed by atoms with Crippen LogP contribution < -0.4 is 10.2 Å². The van der Waals surface area contributed by atoms with Crippen molar-refractivity contribution < 1.29 is 22.7 Å². The van der Waals surface area contributed by atoms with E-state index < -0.39 is 21.5 Å². The van der Waals surface area contributed by atoms with Crippen molar-refractivity contribution in [2.75, 3.05) is 74.8 Å². The number of nitrogens with one attached hydrogen (secondary N) is 1. The van der Waals surface area contributed by atoms with Crippen LogP contribution in [0.15, 0.2) is 42.7 Å². The highest BCUT2D eigenvalue weighted by Gasteiger charge is 2.26. The highest BCUT2D eigenvalue weighted by molar-refractivity contribution is 7.91. The maximum atomic E-state index is 12.4. The fourth-order valence-electron chi connectivity index (χ4n) is 4.50. The summed E-state index contributed by atoms with van der Waals surface area (Å²) in [6.45, 7) is 4.59. The minimum absolute atomic E-state index is 0.299. The summed E-state index contributed by atoms with van der Waals surface area (Å²) < 4.78 is 34.3. The van der Waals surface area contributed by atoms with Crippen LogP contribution in [-0.2, 0) is 24.1 Å². The number of benzene rings is 1. The standard InChI is InChI=1S/C25H30N6O5S/c1-37(33,34)17-23(32)31-10-13-36-20(16-31)15-28-25-24-22(26-6-7-27-24)14-21(29-25)18-2-4-19(5-3-18)30-8-11-35-12-9-30/h2-7,14,20H,8-13,15-17H2,1H3,(H,28,29)/t20-/m1/s1. The molecular weight excluding hydrogens is 496 g/mol. The number of ether oxygens (including phenoxy) is 2. The summed E-state index contributed by atoms with van der Waals surface area (Å²) in [5, 5.41) is 3.32. The van der Waals surface area contributed by atoms with Crippen LogP contribution in [0.5, 0.6) is 0 Å². The topological polar surface area (TPSA) is 127 Å². The molecule has 1 N–H and O–H groups in total. The third kappa shape index (κ3) is 6.32. The smallest absolute Gasteiger partial charge is 0.237 e. The van der Waals surface area contributed by atoms with E-state index in [0.29, 0.717) is 43.1 Å². The maximum Gasteiger partial charge on any atom is 0.237 e. The number of hydrogen-bond donors (Lipinski definition) is 1. The number of morpholine rings is 2. The Balaban J connectivity index is 1.32. The highest BCUT2D eigenvalue weighted by atomic mass is 32.2. The van der Waals surface area contributed by atoms with Gasteiger partial charge < -0.3 is 24.6 Å². The molecule has 0 saturated carbocycles. The number of anilines is 2. The van der Waals surface area contributed by atoms with Crippen molar-refractivity contribution in [3.8, 4) is 11.3 Å². The molecular formula is C25H30N6O5S. The SMILES string of the molecule is CS(=O)(=O)CC(=O)N1CCO[C@H](CNc2nc(-c3ccc(N4CCOCC4)cc3)cc3nccnc23)C1. The molecule has 0 unspecified atom stereocenters. The predicted molar refractivity (Wildman–Crippen MR) is 140 cm³/mol. The molecule has 1 aromatic carbocycles. The first kappa shape index (κ1) is 25.3. The van der Waals surface area contributed by atoms with E-state index in [2.05, 4.69) is 44.5 Å². The Morgan fingerprint density at radius 1 is 1.08 bits per heavy atom. The van der Waals surface area contributed by atoms with Gasteiger partial charge in [-0.05, 0) is 18.2 Å². The van der Waals surface area contributed by atoms with Gasteiger partial charge in [-0.15, -0.1) is 0 Å². The zero-order chi connectivity index (χ0) is 25.8. The second-order valence-electron chi connectivity index (χ2n) is 9.21. The van der Waals surface area contributed by atoms with Gasteiger partial charge in [-0.2, -0.15) is 0 Å². The average molecular weight is 527 g/mol. The molecule has 0 bridgehead atoms. The summed E-state index contributed by atoms with van der Waals surface area (Å²) in [6.07, 6.45) is 4.01. The first-order valence-corrected chi connectivity index (χ1v) is 14.3. The van der Waals surface area contributed by atoms with Gasteiger partial charge in [0.05, 0.1) is 37.1 Å². The molecule has 12 heteroatoms. The summed E-state index contributed by atoms with van der Waals surface area (Å²) in [4.78, 5) is 30.0. The highest BCUT2D eigenvalue weighted by Crippen LogP contribution is 2.27. The summed E-state index contributed by atoms with van der Waals surface area (Å²) in [5.74, 6) is -0.338. The van der Waals surface area contributed by atoms with E-state index in [1.54, 1.807) is 12.4 Å². The summed E-state index contributed by atoms with van der Waals surface area (Å²) in [7, 11) is -3.39. The molecule has 3 aromatic rings. The molecule has 4 heterocycles. The van der Waals surface area contributed by atoms with E-state index in [1.165, 1.54) is 4.90 Å². The minimum atomic E-state index is -3.39. The number of fused-ring (bicyclic) bond motifs is 1. The van der Waals surface area contributed by atoms with E-state index in [-0.39, 0.29) is 6.10 Å². The predicted octanol–water partition coefficient (Wildman–Crippen LogP) is 1.21. The zero-order valence-electron chi connectivity index (χ0n) is 20.7. The number of sulfone groups is 1. The number of carbonyl (C=O) groups is 1. The van der Waals surface area contributed by atoms with E-state index in [1.807, 2.05) is 6.07 Å². The lowest BCUT2D eigenvalue weighted by molar-refractivity contribution is -0.135. The van der Waals surface area contributed by atoms with Crippen LogP contribution in [0.3, 0.4) is 0 Å². The number of carbonyl (C=O) groups excluding carboxylic acids is 1. The largest absolute Gasteiger partial charge is 0.378 e. The lowest BCUT2D eigenvalue weighted by atomic mass is 10.1. The van der Waals surface area contributed by atoms with Crippen LogP contribution in [0.2, 0.25) is 0 Å². The van der Waals surface area contributed by atoms with Gasteiger partial charge in [0.15, 0.2) is 15.7 Å². The van der Waals surface area contributed by atoms with E-state index >= 15 is 0 Å². The normalized spacial score (nSPS) is 18.7. The monoisotopic (exact) mass is 526 g/mol. The van der Waals surface area contributed by atoms with E-state index in [4.69, 9.17) is 14.5 Å². The molecule has 1 atom stereocenters. The lowest BCUT2D eigenvalue weighted by Gasteiger charge is -2.33. The van der Waals surface area contributed by atoms with Crippen LogP contribution in [0, 0.1) is 0 Å². The van der Waals surface area contributed by atoms with Crippen LogP contribution in [0.25, 0.3) is 22.3 Å². The average Bonchev–Trinajstić information content (AvgIpc) is 2.91. The Morgan fingerprint density at radius 2 is 1.84 bits per heavy atom. The fourth-order valence-corrected chi connectivity index (χ4v) is 5.13. The van der Waals surface area contributed by atoms with Gasteiger partial charge in [-0.1, -0.05) is 12.1 Å². The van der Waals surface area contributed by atoms with Gasteiger partial charge in [0.25, 0.3) is 0 Å². The lowest BCUT2D eigenvalue weighted by Crippen LogP contribution is -2.49. The van der Waals surface area contributed by atoms with Crippen LogP contribution >= 0.6 is 0 Å². The molecule has 0 spiro atoms. The van der Waals surface area contributed by atoms with E-state index in [9.17, 15) is 13.2 Å². The molecule has 2 aliphatic heterocycles. The molecule has 0 aliphatic carbocycles. The molecule has 2 aliphatic rings. The number of rotatable bonds is 7. The summed E-state index contributed by atoms with van der Waals surface area (Å²) in [6, 6.07) is 10.2. The summed E-state index contributed by atoms with van der Waals surface area (Å²) in [5.41, 5.74) is 4.21. The van der Waals surface area contributed by atoms with Gasteiger partial charge in [0.1, 0.15) is 11.3 Å². The third-order valence-electron chi connectivity index (χ3n) is 6.37. The van der Waals surface area contributed by atoms with Gasteiger partial charge in [-0.25, -0.2) is 18.4 Å². The van der Waals surface area contributed by atoms with Crippen molar-refractivity contribution in [2.45, 2.75) is 6.10 Å². The first-order valence-electron chi connectivity index (χ1n) is 12.2. The van der Waals surface area contributed by atoms with Gasteiger partial charge in [0, 0.05) is 62.6 Å². The number of aromatic nitrogens is 3. The molecule has 11 nitrogen and oxygen atoms in total. The first-order chi connectivity index (χ1) is 17.9. The maximum absolute atomic E-state index is 12.4. The van der Waals surface area contributed by atoms with Gasteiger partial charge in [0.2, 0.25) is 5.91 Å². The Labute approximate surface area is 215 Å². The van der Waals surface area contributed by atoms with Crippen molar-refractivity contribution in [3.63, 3.8) is 0 Å². The molecule has 5 rings (SSSR count). The minimum Gasteiger partial charge on any atom is -0.378 e. The van der Waals surface area contributed by atoms with Crippen LogP contribution in [0.1, 0.15) is 0 Å². The Hall–Kier alpha value is -3.35. The number of nitrogens with zero attached hydrogens (tertiary/aromatic N) is 5. The van der Waals surface area contributed by atoms with Crippen molar-refractivity contribution in [1.82, 2.24) is 19.9 Å². The molecule has 196 valence electrons. The quantitative estimate of drug-likeness (QED) is 0.480. The van der Waals surface area contributed by atoms with Crippen molar-refractivity contribution >= 4 is 38.3 Å². The molecule has 37 heavy (non-hydrogen) atoms. The molecule has 2 saturated heterocycles. The number of amides is 1. The Morgan fingerprint density at radius 3 is 2.59 bits per heavy atom. The van der Waals surface area contributed by atoms with Crippen LogP contribution in [-0.4, -0.2) is 105 Å². The van der Waals surface area contributed by atoms with Gasteiger partial charge in [-0.3, -0.25) is 9.78 Å². The van der Waals surface area contributed by atoms with Crippen molar-refractivity contribution in [2.24, 2.45) is 0 Å². The van der Waals surface area contributed by atoms with Crippen LogP contribution in [0.4, 0.5) is 11.5 Å². The second kappa shape index (κ2) is 11.0. The Kier molecular flexibility index (Phi) is 7.49. The third-order valence-corrected chi connectivity index (χ3v) is 7.14. The molecule has 2 fully saturated rings.